The van der Waals surface area contributed by atoms with Crippen molar-refractivity contribution in [2.75, 3.05) is 31.1 Å². The predicted octanol–water partition coefficient (Wildman–Crippen LogP) is 1.88. The van der Waals surface area contributed by atoms with Crippen molar-refractivity contribution in [3.05, 3.63) is 29.8 Å². The van der Waals surface area contributed by atoms with Crippen LogP contribution in [0.4, 0.5) is 5.69 Å². The van der Waals surface area contributed by atoms with Crippen molar-refractivity contribution < 1.29 is 9.59 Å². The molecule has 1 saturated carbocycles. The van der Waals surface area contributed by atoms with Gasteiger partial charge < -0.3 is 20.9 Å². The van der Waals surface area contributed by atoms with Crippen LogP contribution >= 0.6 is 0 Å². The number of nitrogens with one attached hydrogen (secondary N) is 1. The van der Waals surface area contributed by atoms with E-state index in [1.54, 1.807) is 6.92 Å². The molecule has 2 aliphatic rings. The minimum atomic E-state index is -0.412. The molecule has 1 heterocycles. The molecule has 6 heteroatoms. The highest BCUT2D eigenvalue weighted by Gasteiger charge is 2.37. The second-order valence-corrected chi connectivity index (χ2v) is 8.14. The minimum Gasteiger partial charge on any atom is -0.368 e. The number of carbonyl (C=O) groups is 2. The lowest BCUT2D eigenvalue weighted by Crippen LogP contribution is -2.52. The molecule has 2 amide bonds. The zero-order valence-electron chi connectivity index (χ0n) is 16.5. The summed E-state index contributed by atoms with van der Waals surface area (Å²) in [5.74, 6) is 0.0842. The zero-order chi connectivity index (χ0) is 19.4. The van der Waals surface area contributed by atoms with E-state index >= 15 is 0 Å². The van der Waals surface area contributed by atoms with Gasteiger partial charge in [-0.05, 0) is 31.4 Å². The van der Waals surface area contributed by atoms with Crippen molar-refractivity contribution in [1.82, 2.24) is 10.2 Å². The van der Waals surface area contributed by atoms with Crippen LogP contribution in [-0.2, 0) is 16.1 Å². The van der Waals surface area contributed by atoms with E-state index in [4.69, 9.17) is 5.73 Å². The summed E-state index contributed by atoms with van der Waals surface area (Å²) < 4.78 is 0. The normalized spacial score (nSPS) is 26.0. The van der Waals surface area contributed by atoms with Crippen LogP contribution in [0.25, 0.3) is 0 Å². The molecule has 0 spiro atoms. The van der Waals surface area contributed by atoms with E-state index in [9.17, 15) is 9.59 Å². The summed E-state index contributed by atoms with van der Waals surface area (Å²) in [4.78, 5) is 28.5. The Labute approximate surface area is 162 Å². The third-order valence-corrected chi connectivity index (χ3v) is 6.08. The lowest BCUT2D eigenvalue weighted by Gasteiger charge is -2.38. The number of carbonyl (C=O) groups excluding carboxylic acids is 2. The Balaban J connectivity index is 1.63. The summed E-state index contributed by atoms with van der Waals surface area (Å²) >= 11 is 0. The first kappa shape index (κ1) is 19.7. The van der Waals surface area contributed by atoms with E-state index in [-0.39, 0.29) is 17.7 Å². The van der Waals surface area contributed by atoms with E-state index in [2.05, 4.69) is 22.3 Å². The Hall–Kier alpha value is -2.08. The molecule has 0 radical (unpaired) electrons. The van der Waals surface area contributed by atoms with Gasteiger partial charge >= 0.3 is 0 Å². The Kier molecular flexibility index (Phi) is 6.05. The molecule has 0 bridgehead atoms. The second-order valence-electron chi connectivity index (χ2n) is 8.14. The van der Waals surface area contributed by atoms with Crippen LogP contribution in [0.2, 0.25) is 0 Å². The summed E-state index contributed by atoms with van der Waals surface area (Å²) in [7, 11) is 0. The van der Waals surface area contributed by atoms with Crippen LogP contribution in [0.1, 0.15) is 45.1 Å². The topological polar surface area (TPSA) is 78.7 Å². The van der Waals surface area contributed by atoms with E-state index < -0.39 is 5.54 Å². The molecule has 3 N–H and O–H groups in total. The standard InChI is InChI=1S/C21H32N4O2/c1-16(26)24-11-13-25(14-12-24)19-9-4-3-7-17(19)15-23-20(27)18-8-5-6-10-21(18,2)22/h3-4,7,9,18H,5-6,8,10-15,22H2,1-2H3,(H,23,27). The Morgan fingerprint density at radius 1 is 1.19 bits per heavy atom. The van der Waals surface area contributed by atoms with Crippen LogP contribution < -0.4 is 16.0 Å². The van der Waals surface area contributed by atoms with Gasteiger partial charge in [0.25, 0.3) is 0 Å². The average Bonchev–Trinajstić information content (AvgIpc) is 2.66. The van der Waals surface area contributed by atoms with Crippen LogP contribution in [-0.4, -0.2) is 48.4 Å². The Morgan fingerprint density at radius 2 is 1.89 bits per heavy atom. The summed E-state index contributed by atoms with van der Waals surface area (Å²) in [6.45, 7) is 7.23. The third-order valence-electron chi connectivity index (χ3n) is 6.08. The first-order valence-electron chi connectivity index (χ1n) is 10.0. The van der Waals surface area contributed by atoms with Gasteiger partial charge in [-0.1, -0.05) is 31.0 Å². The van der Waals surface area contributed by atoms with Crippen LogP contribution in [0, 0.1) is 5.92 Å². The predicted molar refractivity (Wildman–Crippen MR) is 107 cm³/mol. The molecule has 6 nitrogen and oxygen atoms in total. The van der Waals surface area contributed by atoms with Gasteiger partial charge in [0, 0.05) is 50.9 Å². The maximum atomic E-state index is 12.7. The summed E-state index contributed by atoms with van der Waals surface area (Å²) in [6, 6.07) is 8.19. The van der Waals surface area contributed by atoms with Gasteiger partial charge in [0.2, 0.25) is 11.8 Å². The minimum absolute atomic E-state index is 0.0657. The first-order valence-corrected chi connectivity index (χ1v) is 10.0. The average molecular weight is 373 g/mol. The van der Waals surface area contributed by atoms with Gasteiger partial charge in [0.05, 0.1) is 5.92 Å². The lowest BCUT2D eigenvalue weighted by molar-refractivity contribution is -0.129. The van der Waals surface area contributed by atoms with Gasteiger partial charge in [0.1, 0.15) is 0 Å². The molecule has 2 atom stereocenters. The maximum absolute atomic E-state index is 12.7. The fraction of sp³-hybridized carbons (Fsp3) is 0.619. The molecule has 1 aliphatic carbocycles. The van der Waals surface area contributed by atoms with Gasteiger partial charge in [-0.3, -0.25) is 9.59 Å². The van der Waals surface area contributed by atoms with Crippen molar-refractivity contribution in [1.29, 1.82) is 0 Å². The quantitative estimate of drug-likeness (QED) is 0.846. The largest absolute Gasteiger partial charge is 0.368 e. The SMILES string of the molecule is CC(=O)N1CCN(c2ccccc2CNC(=O)C2CCCCC2(C)N)CC1. The molecule has 1 aromatic carbocycles. The number of piperazine rings is 1. The van der Waals surface area contributed by atoms with Crippen LogP contribution in [0.3, 0.4) is 0 Å². The van der Waals surface area contributed by atoms with E-state index in [0.717, 1.165) is 63.1 Å². The Morgan fingerprint density at radius 3 is 2.56 bits per heavy atom. The molecule has 3 rings (SSSR count). The number of anilines is 1. The van der Waals surface area contributed by atoms with Crippen molar-refractivity contribution >= 4 is 17.5 Å². The monoisotopic (exact) mass is 372 g/mol. The highest BCUT2D eigenvalue weighted by Crippen LogP contribution is 2.32. The van der Waals surface area contributed by atoms with E-state index in [1.165, 1.54) is 0 Å². The first-order chi connectivity index (χ1) is 12.9. The Bertz CT molecular complexity index is 681. The van der Waals surface area contributed by atoms with Crippen molar-refractivity contribution in [3.63, 3.8) is 0 Å². The smallest absolute Gasteiger partial charge is 0.225 e. The maximum Gasteiger partial charge on any atom is 0.225 e. The molecular weight excluding hydrogens is 340 g/mol. The van der Waals surface area contributed by atoms with Gasteiger partial charge in [-0.25, -0.2) is 0 Å². The molecule has 1 aromatic rings. The highest BCUT2D eigenvalue weighted by atomic mass is 16.2. The number of amides is 2. The van der Waals surface area contributed by atoms with Gasteiger partial charge in [-0.2, -0.15) is 0 Å². The number of hydrogen-bond acceptors (Lipinski definition) is 4. The number of hydrogen-bond donors (Lipinski definition) is 2. The lowest BCUT2D eigenvalue weighted by atomic mass is 9.74. The number of nitrogens with two attached hydrogens (primary N) is 1. The molecule has 1 saturated heterocycles. The molecule has 2 unspecified atom stereocenters. The van der Waals surface area contributed by atoms with Crippen molar-refractivity contribution in [2.45, 2.75) is 51.6 Å². The molecule has 0 aromatic heterocycles. The fourth-order valence-corrected chi connectivity index (χ4v) is 4.33. The third kappa shape index (κ3) is 4.61. The number of para-hydroxylation sites is 1. The van der Waals surface area contributed by atoms with Crippen LogP contribution in [0.15, 0.2) is 24.3 Å². The summed E-state index contributed by atoms with van der Waals surface area (Å²) in [5.41, 5.74) is 8.21. The van der Waals surface area contributed by atoms with Gasteiger partial charge in [0.15, 0.2) is 0 Å². The van der Waals surface area contributed by atoms with E-state index in [0.29, 0.717) is 6.54 Å². The van der Waals surface area contributed by atoms with E-state index in [1.807, 2.05) is 24.0 Å². The van der Waals surface area contributed by atoms with Crippen LogP contribution in [0.5, 0.6) is 0 Å². The molecule has 27 heavy (non-hydrogen) atoms. The number of benzene rings is 1. The second kappa shape index (κ2) is 8.30. The number of nitrogens with zero attached hydrogens (tertiary/aromatic N) is 2. The summed E-state index contributed by atoms with van der Waals surface area (Å²) in [6.07, 6.45) is 3.95. The highest BCUT2D eigenvalue weighted by molar-refractivity contribution is 5.80. The van der Waals surface area contributed by atoms with Gasteiger partial charge in [-0.15, -0.1) is 0 Å². The fourth-order valence-electron chi connectivity index (χ4n) is 4.33. The molecule has 2 fully saturated rings. The van der Waals surface area contributed by atoms with Crippen molar-refractivity contribution in [3.8, 4) is 0 Å². The molecular formula is C21H32N4O2. The summed E-state index contributed by atoms with van der Waals surface area (Å²) in [5, 5.41) is 3.12. The zero-order valence-corrected chi connectivity index (χ0v) is 16.5. The number of rotatable bonds is 4. The molecule has 1 aliphatic heterocycles. The van der Waals surface area contributed by atoms with Crippen molar-refractivity contribution in [2.24, 2.45) is 11.7 Å². The molecule has 148 valence electrons.